The van der Waals surface area contributed by atoms with Crippen molar-refractivity contribution < 1.29 is 9.59 Å². The number of hydrogen-bond donors (Lipinski definition) is 2. The van der Waals surface area contributed by atoms with E-state index in [-0.39, 0.29) is 11.8 Å². The minimum Gasteiger partial charge on any atom is -0.273 e. The van der Waals surface area contributed by atoms with Gasteiger partial charge in [-0.3, -0.25) is 20.4 Å². The van der Waals surface area contributed by atoms with Crippen molar-refractivity contribution in [2.24, 2.45) is 0 Å². The Morgan fingerprint density at radius 2 is 1.87 bits per heavy atom. The first kappa shape index (κ1) is 18.3. The van der Waals surface area contributed by atoms with Gasteiger partial charge in [-0.25, -0.2) is 0 Å². The van der Waals surface area contributed by atoms with Crippen LogP contribution < -0.4 is 10.9 Å². The molecule has 0 unspecified atom stereocenters. The summed E-state index contributed by atoms with van der Waals surface area (Å²) in [7, 11) is 0. The van der Waals surface area contributed by atoms with Crippen LogP contribution in [-0.4, -0.2) is 11.8 Å². The Bertz CT molecular complexity index is 721. The molecular weight excluding hydrogens is 423 g/mol. The Labute approximate surface area is 156 Å². The maximum absolute atomic E-state index is 11.8. The zero-order chi connectivity index (χ0) is 16.8. The number of aryl methyl sites for hydroxylation is 1. The Morgan fingerprint density at radius 3 is 2.52 bits per heavy atom. The van der Waals surface area contributed by atoms with Crippen molar-refractivity contribution in [3.63, 3.8) is 0 Å². The minimum atomic E-state index is -0.335. The van der Waals surface area contributed by atoms with Crippen LogP contribution in [0, 0.1) is 0 Å². The van der Waals surface area contributed by atoms with Gasteiger partial charge in [0.05, 0.1) is 18.7 Å². The van der Waals surface area contributed by atoms with Gasteiger partial charge >= 0.3 is 0 Å². The SMILES string of the molecule is O=C(CCCc1ccc(Cl)c(Cl)c1)NNC(=O)c1ccc(Br)s1. The molecule has 0 radical (unpaired) electrons. The van der Waals surface area contributed by atoms with Crippen LogP contribution in [0.5, 0.6) is 0 Å². The molecule has 0 saturated heterocycles. The Hall–Kier alpha value is -1.08. The number of halogens is 3. The first-order valence-electron chi connectivity index (χ1n) is 6.74. The van der Waals surface area contributed by atoms with Gasteiger partial charge < -0.3 is 0 Å². The smallest absolute Gasteiger partial charge is 0.273 e. The molecule has 0 aliphatic rings. The molecule has 2 aromatic rings. The largest absolute Gasteiger partial charge is 0.279 e. The van der Waals surface area contributed by atoms with Gasteiger partial charge in [0.2, 0.25) is 5.91 Å². The van der Waals surface area contributed by atoms with Gasteiger partial charge in [-0.1, -0.05) is 29.3 Å². The predicted molar refractivity (Wildman–Crippen MR) is 97.0 cm³/mol. The van der Waals surface area contributed by atoms with Crippen LogP contribution in [0.2, 0.25) is 10.0 Å². The van der Waals surface area contributed by atoms with Crippen LogP contribution in [-0.2, 0) is 11.2 Å². The fourth-order valence-corrected chi connectivity index (χ4v) is 3.44. The molecule has 122 valence electrons. The van der Waals surface area contributed by atoms with Gasteiger partial charge in [-0.05, 0) is 58.6 Å². The normalized spacial score (nSPS) is 10.4. The highest BCUT2D eigenvalue weighted by molar-refractivity contribution is 9.11. The fourth-order valence-electron chi connectivity index (χ4n) is 1.84. The molecule has 1 heterocycles. The zero-order valence-corrected chi connectivity index (χ0v) is 15.8. The van der Waals surface area contributed by atoms with Crippen LogP contribution in [0.25, 0.3) is 0 Å². The highest BCUT2D eigenvalue weighted by atomic mass is 79.9. The van der Waals surface area contributed by atoms with Crippen LogP contribution in [0.4, 0.5) is 0 Å². The third-order valence-corrected chi connectivity index (χ3v) is 5.33. The Kier molecular flexibility index (Phi) is 6.89. The van der Waals surface area contributed by atoms with E-state index in [1.54, 1.807) is 24.3 Å². The van der Waals surface area contributed by atoms with E-state index >= 15 is 0 Å². The highest BCUT2D eigenvalue weighted by Crippen LogP contribution is 2.23. The van der Waals surface area contributed by atoms with E-state index in [2.05, 4.69) is 26.8 Å². The summed E-state index contributed by atoms with van der Waals surface area (Å²) in [5.41, 5.74) is 5.81. The second kappa shape index (κ2) is 8.68. The van der Waals surface area contributed by atoms with E-state index in [1.165, 1.54) is 11.3 Å². The van der Waals surface area contributed by atoms with Gasteiger partial charge in [0.15, 0.2) is 0 Å². The Morgan fingerprint density at radius 1 is 1.09 bits per heavy atom. The average molecular weight is 436 g/mol. The number of amides is 2. The van der Waals surface area contributed by atoms with Crippen molar-refractivity contribution in [1.29, 1.82) is 0 Å². The van der Waals surface area contributed by atoms with Crippen LogP contribution >= 0.6 is 50.5 Å². The molecule has 0 atom stereocenters. The lowest BCUT2D eigenvalue weighted by molar-refractivity contribution is -0.121. The summed E-state index contributed by atoms with van der Waals surface area (Å²) in [6, 6.07) is 8.86. The van der Waals surface area contributed by atoms with Crippen molar-refractivity contribution in [1.82, 2.24) is 10.9 Å². The topological polar surface area (TPSA) is 58.2 Å². The number of carbonyl (C=O) groups is 2. The van der Waals surface area contributed by atoms with E-state index < -0.39 is 0 Å². The fraction of sp³-hybridized carbons (Fsp3) is 0.200. The molecule has 23 heavy (non-hydrogen) atoms. The van der Waals surface area contributed by atoms with E-state index in [9.17, 15) is 9.59 Å². The molecule has 2 rings (SSSR count). The molecule has 0 saturated carbocycles. The van der Waals surface area contributed by atoms with Crippen molar-refractivity contribution in [3.8, 4) is 0 Å². The lowest BCUT2D eigenvalue weighted by Crippen LogP contribution is -2.41. The third-order valence-electron chi connectivity index (χ3n) is 2.97. The molecule has 1 aromatic carbocycles. The summed E-state index contributed by atoms with van der Waals surface area (Å²) in [6.07, 6.45) is 1.65. The van der Waals surface area contributed by atoms with E-state index in [1.807, 2.05) is 6.07 Å². The van der Waals surface area contributed by atoms with Crippen molar-refractivity contribution in [3.05, 3.63) is 54.6 Å². The summed E-state index contributed by atoms with van der Waals surface area (Å²) >= 11 is 16.4. The molecule has 0 spiro atoms. The average Bonchev–Trinajstić information content (AvgIpc) is 2.95. The van der Waals surface area contributed by atoms with E-state index in [0.717, 1.165) is 9.35 Å². The second-order valence-corrected chi connectivity index (χ2v) is 7.99. The maximum atomic E-state index is 11.8. The number of nitrogens with one attached hydrogen (secondary N) is 2. The van der Waals surface area contributed by atoms with Crippen molar-refractivity contribution in [2.45, 2.75) is 19.3 Å². The molecule has 4 nitrogen and oxygen atoms in total. The quantitative estimate of drug-likeness (QED) is 0.674. The number of carbonyl (C=O) groups excluding carboxylic acids is 2. The summed E-state index contributed by atoms with van der Waals surface area (Å²) in [6.45, 7) is 0. The molecule has 1 aromatic heterocycles. The second-order valence-electron chi connectivity index (χ2n) is 4.71. The summed E-state index contributed by atoms with van der Waals surface area (Å²) in [4.78, 5) is 24.0. The molecule has 2 amide bonds. The summed E-state index contributed by atoms with van der Waals surface area (Å²) < 4.78 is 0.857. The van der Waals surface area contributed by atoms with Gasteiger partial charge in [0.25, 0.3) is 5.91 Å². The third kappa shape index (κ3) is 5.80. The minimum absolute atomic E-state index is 0.242. The van der Waals surface area contributed by atoms with Crippen LogP contribution in [0.15, 0.2) is 34.1 Å². The summed E-state index contributed by atoms with van der Waals surface area (Å²) in [5, 5.41) is 1.01. The van der Waals surface area contributed by atoms with Gasteiger partial charge in [0, 0.05) is 6.42 Å². The first-order chi connectivity index (χ1) is 11.0. The molecule has 0 fully saturated rings. The predicted octanol–water partition coefficient (Wildman–Crippen LogP) is 4.60. The lowest BCUT2D eigenvalue weighted by Gasteiger charge is -2.06. The molecule has 0 bridgehead atoms. The molecule has 0 aliphatic carbocycles. The number of hydrazine groups is 1. The number of benzene rings is 1. The first-order valence-corrected chi connectivity index (χ1v) is 9.10. The molecular formula is C15H13BrCl2N2O2S. The highest BCUT2D eigenvalue weighted by Gasteiger charge is 2.09. The van der Waals surface area contributed by atoms with Crippen LogP contribution in [0.1, 0.15) is 28.1 Å². The number of hydrogen-bond acceptors (Lipinski definition) is 3. The Balaban J connectivity index is 1.70. The van der Waals surface area contributed by atoms with Gasteiger partial charge in [0.1, 0.15) is 0 Å². The monoisotopic (exact) mass is 434 g/mol. The van der Waals surface area contributed by atoms with Crippen molar-refractivity contribution in [2.75, 3.05) is 0 Å². The van der Waals surface area contributed by atoms with E-state index in [0.29, 0.717) is 34.2 Å². The number of thiophene rings is 1. The van der Waals surface area contributed by atoms with Gasteiger partial charge in [-0.2, -0.15) is 0 Å². The zero-order valence-electron chi connectivity index (χ0n) is 11.9. The van der Waals surface area contributed by atoms with Crippen molar-refractivity contribution >= 4 is 62.3 Å². The number of rotatable bonds is 5. The lowest BCUT2D eigenvalue weighted by atomic mass is 10.1. The molecule has 0 aliphatic heterocycles. The van der Waals surface area contributed by atoms with E-state index in [4.69, 9.17) is 23.2 Å². The van der Waals surface area contributed by atoms with Crippen LogP contribution in [0.3, 0.4) is 0 Å². The standard InChI is InChI=1S/C15H13BrCl2N2O2S/c16-13-7-6-12(23-13)15(22)20-19-14(21)3-1-2-9-4-5-10(17)11(18)8-9/h4-8H,1-3H2,(H,19,21)(H,20,22). The summed E-state index contributed by atoms with van der Waals surface area (Å²) in [5.74, 6) is -0.576. The molecule has 8 heteroatoms. The maximum Gasteiger partial charge on any atom is 0.279 e. The van der Waals surface area contributed by atoms with Gasteiger partial charge in [-0.15, -0.1) is 11.3 Å². The molecule has 2 N–H and O–H groups in total.